The van der Waals surface area contributed by atoms with E-state index >= 15 is 0 Å². The van der Waals surface area contributed by atoms with Gasteiger partial charge in [0.25, 0.3) is 0 Å². The number of nitrogens with one attached hydrogen (secondary N) is 1. The first-order valence-corrected chi connectivity index (χ1v) is 11.2. The number of methoxy groups -OCH3 is 1. The van der Waals surface area contributed by atoms with E-state index in [1.807, 2.05) is 79.7 Å². The van der Waals surface area contributed by atoms with Crippen molar-refractivity contribution in [2.75, 3.05) is 7.11 Å². The molecule has 0 radical (unpaired) electrons. The van der Waals surface area contributed by atoms with Gasteiger partial charge >= 0.3 is 0 Å². The van der Waals surface area contributed by atoms with Gasteiger partial charge in [0.05, 0.1) is 18.0 Å². The maximum absolute atomic E-state index is 13.3. The molecule has 4 nitrogen and oxygen atoms in total. The van der Waals surface area contributed by atoms with Crippen molar-refractivity contribution in [2.45, 2.75) is 17.9 Å². The Balaban J connectivity index is 1.74. The number of rotatable bonds is 6. The zero-order chi connectivity index (χ0) is 21.1. The summed E-state index contributed by atoms with van der Waals surface area (Å²) in [7, 11) is -2.15. The van der Waals surface area contributed by atoms with Crippen molar-refractivity contribution in [3.63, 3.8) is 0 Å². The van der Waals surface area contributed by atoms with Gasteiger partial charge in [-0.15, -0.1) is 0 Å². The van der Waals surface area contributed by atoms with Crippen LogP contribution in [0.1, 0.15) is 22.7 Å². The van der Waals surface area contributed by atoms with Gasteiger partial charge in [-0.05, 0) is 53.1 Å². The van der Waals surface area contributed by atoms with Gasteiger partial charge in [-0.25, -0.2) is 8.42 Å². The van der Waals surface area contributed by atoms with Crippen molar-refractivity contribution in [3.05, 3.63) is 108 Å². The topological polar surface area (TPSA) is 55.4 Å². The van der Waals surface area contributed by atoms with Crippen LogP contribution in [-0.4, -0.2) is 15.5 Å². The molecule has 4 aromatic carbocycles. The molecule has 0 bridgehead atoms. The number of hydrogen-bond acceptors (Lipinski definition) is 3. The minimum Gasteiger partial charge on any atom is -0.497 e. The van der Waals surface area contributed by atoms with Crippen molar-refractivity contribution in [3.8, 4) is 5.75 Å². The summed E-state index contributed by atoms with van der Waals surface area (Å²) in [6.45, 7) is 2.00. The highest BCUT2D eigenvalue weighted by atomic mass is 32.2. The van der Waals surface area contributed by atoms with Gasteiger partial charge in [0.2, 0.25) is 10.0 Å². The van der Waals surface area contributed by atoms with E-state index in [1.165, 1.54) is 0 Å². The van der Waals surface area contributed by atoms with E-state index in [4.69, 9.17) is 4.74 Å². The lowest BCUT2D eigenvalue weighted by Crippen LogP contribution is -2.29. The lowest BCUT2D eigenvalue weighted by Gasteiger charge is -2.20. The average Bonchev–Trinajstić information content (AvgIpc) is 2.77. The third-order valence-electron chi connectivity index (χ3n) is 5.11. The molecule has 0 heterocycles. The van der Waals surface area contributed by atoms with Crippen LogP contribution in [0.15, 0.2) is 95.9 Å². The summed E-state index contributed by atoms with van der Waals surface area (Å²) in [5, 5.41) is 1.76. The van der Waals surface area contributed by atoms with Crippen molar-refractivity contribution >= 4 is 20.8 Å². The zero-order valence-corrected chi connectivity index (χ0v) is 17.7. The molecular formula is C25H23NO3S. The maximum atomic E-state index is 13.3. The second kappa shape index (κ2) is 8.30. The van der Waals surface area contributed by atoms with Crippen molar-refractivity contribution in [2.24, 2.45) is 0 Å². The first kappa shape index (κ1) is 20.1. The molecule has 0 fully saturated rings. The van der Waals surface area contributed by atoms with Crippen LogP contribution in [-0.2, 0) is 10.0 Å². The minimum absolute atomic E-state index is 0.230. The van der Waals surface area contributed by atoms with Crippen LogP contribution in [0.5, 0.6) is 5.75 Å². The lowest BCUT2D eigenvalue weighted by atomic mass is 9.98. The van der Waals surface area contributed by atoms with E-state index in [9.17, 15) is 8.42 Å². The standard InChI is InChI=1S/C25H23NO3S/c1-18-7-6-10-22(15-18)25(19-8-4-3-5-9-19)26-30(27,28)24-14-12-20-16-23(29-2)13-11-21(20)17-24/h3-17,25-26H,1-2H3/t25-/m0/s1. The molecule has 0 amide bonds. The highest BCUT2D eigenvalue weighted by molar-refractivity contribution is 7.89. The Morgan fingerprint density at radius 2 is 1.47 bits per heavy atom. The summed E-state index contributed by atoms with van der Waals surface area (Å²) in [4.78, 5) is 0.230. The van der Waals surface area contributed by atoms with E-state index in [0.29, 0.717) is 0 Å². The molecule has 30 heavy (non-hydrogen) atoms. The molecule has 1 atom stereocenters. The van der Waals surface area contributed by atoms with Crippen molar-refractivity contribution in [1.29, 1.82) is 0 Å². The molecule has 0 aliphatic carbocycles. The predicted molar refractivity (Wildman–Crippen MR) is 120 cm³/mol. The third kappa shape index (κ3) is 4.22. The second-order valence-electron chi connectivity index (χ2n) is 7.25. The van der Waals surface area contributed by atoms with E-state index in [0.717, 1.165) is 33.2 Å². The van der Waals surface area contributed by atoms with E-state index in [2.05, 4.69) is 4.72 Å². The number of fused-ring (bicyclic) bond motifs is 1. The highest BCUT2D eigenvalue weighted by Crippen LogP contribution is 2.27. The molecule has 0 aliphatic rings. The van der Waals surface area contributed by atoms with Gasteiger partial charge in [-0.3, -0.25) is 0 Å². The van der Waals surface area contributed by atoms with Crippen LogP contribution < -0.4 is 9.46 Å². The molecular weight excluding hydrogens is 394 g/mol. The first-order chi connectivity index (χ1) is 14.5. The van der Waals surface area contributed by atoms with Crippen LogP contribution in [0.4, 0.5) is 0 Å². The van der Waals surface area contributed by atoms with Crippen molar-refractivity contribution in [1.82, 2.24) is 4.72 Å². The van der Waals surface area contributed by atoms with Crippen LogP contribution in [0.2, 0.25) is 0 Å². The SMILES string of the molecule is COc1ccc2cc(S(=O)(=O)N[C@@H](c3ccccc3)c3cccc(C)c3)ccc2c1. The molecule has 4 rings (SSSR count). The average molecular weight is 418 g/mol. The first-order valence-electron chi connectivity index (χ1n) is 9.68. The number of hydrogen-bond donors (Lipinski definition) is 1. The fourth-order valence-electron chi connectivity index (χ4n) is 3.54. The van der Waals surface area contributed by atoms with Gasteiger partial charge in [0, 0.05) is 0 Å². The van der Waals surface area contributed by atoms with Gasteiger partial charge in [0.1, 0.15) is 5.75 Å². The molecule has 0 saturated carbocycles. The summed E-state index contributed by atoms with van der Waals surface area (Å²) < 4.78 is 34.8. The normalized spacial score (nSPS) is 12.6. The Hall–Kier alpha value is -3.15. The Kier molecular flexibility index (Phi) is 5.57. The molecule has 0 aromatic heterocycles. The van der Waals surface area contributed by atoms with Gasteiger partial charge in [-0.1, -0.05) is 72.3 Å². The van der Waals surface area contributed by atoms with Crippen molar-refractivity contribution < 1.29 is 13.2 Å². The number of sulfonamides is 1. The van der Waals surface area contributed by atoms with E-state index < -0.39 is 16.1 Å². The molecule has 0 saturated heterocycles. The molecule has 152 valence electrons. The van der Waals surface area contributed by atoms with Crippen LogP contribution >= 0.6 is 0 Å². The molecule has 4 aromatic rings. The molecule has 0 unspecified atom stereocenters. The largest absolute Gasteiger partial charge is 0.497 e. The summed E-state index contributed by atoms with van der Waals surface area (Å²) >= 11 is 0. The number of ether oxygens (including phenoxy) is 1. The summed E-state index contributed by atoms with van der Waals surface area (Å²) in [6, 6.07) is 27.7. The third-order valence-corrected chi connectivity index (χ3v) is 6.53. The smallest absolute Gasteiger partial charge is 0.241 e. The molecule has 1 N–H and O–H groups in total. The highest BCUT2D eigenvalue weighted by Gasteiger charge is 2.23. The lowest BCUT2D eigenvalue weighted by molar-refractivity contribution is 0.415. The van der Waals surface area contributed by atoms with Crippen LogP contribution in [0, 0.1) is 6.92 Å². The van der Waals surface area contributed by atoms with Crippen LogP contribution in [0.3, 0.4) is 0 Å². The molecule has 0 aliphatic heterocycles. The van der Waals surface area contributed by atoms with Crippen LogP contribution in [0.25, 0.3) is 10.8 Å². The minimum atomic E-state index is -3.76. The Labute approximate surface area is 177 Å². The predicted octanol–water partition coefficient (Wildman–Crippen LogP) is 5.22. The molecule has 0 spiro atoms. The summed E-state index contributed by atoms with van der Waals surface area (Å²) in [5.74, 6) is 0.736. The van der Waals surface area contributed by atoms with Gasteiger partial charge < -0.3 is 4.74 Å². The number of benzene rings is 4. The second-order valence-corrected chi connectivity index (χ2v) is 8.97. The van der Waals surface area contributed by atoms with E-state index in [1.54, 1.807) is 25.3 Å². The van der Waals surface area contributed by atoms with Gasteiger partial charge in [-0.2, -0.15) is 4.72 Å². The fraction of sp³-hybridized carbons (Fsp3) is 0.120. The maximum Gasteiger partial charge on any atom is 0.241 e. The fourth-order valence-corrected chi connectivity index (χ4v) is 4.79. The monoisotopic (exact) mass is 417 g/mol. The summed E-state index contributed by atoms with van der Waals surface area (Å²) in [5.41, 5.74) is 2.86. The number of aryl methyl sites for hydroxylation is 1. The Morgan fingerprint density at radius 1 is 0.767 bits per heavy atom. The molecule has 5 heteroatoms. The Morgan fingerprint density at radius 3 is 2.20 bits per heavy atom. The van der Waals surface area contributed by atoms with Gasteiger partial charge in [0.15, 0.2) is 0 Å². The quantitative estimate of drug-likeness (QED) is 0.468. The summed E-state index contributed by atoms with van der Waals surface area (Å²) in [6.07, 6.45) is 0. The van der Waals surface area contributed by atoms with E-state index in [-0.39, 0.29) is 4.90 Å². The zero-order valence-electron chi connectivity index (χ0n) is 16.9. The Bertz CT molecular complexity index is 1280.